The van der Waals surface area contributed by atoms with Gasteiger partial charge in [0.2, 0.25) is 0 Å². The van der Waals surface area contributed by atoms with Gasteiger partial charge in [0.15, 0.2) is 0 Å². The molecule has 0 aromatic carbocycles. The van der Waals surface area contributed by atoms with Gasteiger partial charge >= 0.3 is 6.16 Å². The Bertz CT molecular complexity index is 147. The summed E-state index contributed by atoms with van der Waals surface area (Å²) in [5, 5.41) is 8.18. The molecule has 0 aliphatic rings. The molecule has 0 rings (SSSR count). The van der Waals surface area contributed by atoms with E-state index in [4.69, 9.17) is 5.11 Å². The van der Waals surface area contributed by atoms with Crippen molar-refractivity contribution in [2.24, 2.45) is 5.41 Å². The third-order valence-corrected chi connectivity index (χ3v) is 1.80. The van der Waals surface area contributed by atoms with Gasteiger partial charge in [0.05, 0.1) is 6.61 Å². The van der Waals surface area contributed by atoms with Gasteiger partial charge in [-0.1, -0.05) is 33.6 Å². The maximum absolute atomic E-state index is 9.97. The highest BCUT2D eigenvalue weighted by molar-refractivity contribution is 5.56. The van der Waals surface area contributed by atoms with E-state index in [9.17, 15) is 4.79 Å². The van der Waals surface area contributed by atoms with Crippen molar-refractivity contribution < 1.29 is 14.6 Å². The second-order valence-electron chi connectivity index (χ2n) is 4.49. The Labute approximate surface area is 80.1 Å². The lowest BCUT2D eigenvalue weighted by molar-refractivity contribution is 0.0897. The lowest BCUT2D eigenvalue weighted by Gasteiger charge is -2.17. The molecule has 0 spiro atoms. The lowest BCUT2D eigenvalue weighted by atomic mass is 9.89. The molecule has 3 heteroatoms. The quantitative estimate of drug-likeness (QED) is 0.532. The second-order valence-corrected chi connectivity index (χ2v) is 4.49. The zero-order valence-electron chi connectivity index (χ0n) is 8.80. The summed E-state index contributed by atoms with van der Waals surface area (Å²) in [4.78, 5) is 9.97. The molecule has 0 unspecified atom stereocenters. The van der Waals surface area contributed by atoms with Crippen LogP contribution in [0, 0.1) is 5.41 Å². The van der Waals surface area contributed by atoms with Crippen LogP contribution in [-0.2, 0) is 4.74 Å². The molecule has 0 aromatic rings. The molecule has 0 saturated heterocycles. The van der Waals surface area contributed by atoms with Crippen molar-refractivity contribution in [3.05, 3.63) is 0 Å². The second kappa shape index (κ2) is 5.84. The molecule has 0 saturated carbocycles. The van der Waals surface area contributed by atoms with Gasteiger partial charge in [-0.25, -0.2) is 4.79 Å². The first kappa shape index (κ1) is 12.3. The van der Waals surface area contributed by atoms with Crippen molar-refractivity contribution in [3.8, 4) is 0 Å². The molecule has 0 fully saturated rings. The first-order valence-corrected chi connectivity index (χ1v) is 4.77. The summed E-state index contributed by atoms with van der Waals surface area (Å²) in [5.74, 6) is 0. The highest BCUT2D eigenvalue weighted by Gasteiger charge is 2.08. The van der Waals surface area contributed by atoms with Crippen LogP contribution in [0.4, 0.5) is 4.79 Å². The van der Waals surface area contributed by atoms with Crippen LogP contribution in [0.15, 0.2) is 0 Å². The summed E-state index contributed by atoms with van der Waals surface area (Å²) in [6.45, 7) is 6.96. The minimum atomic E-state index is -1.17. The molecular formula is C10H20O3. The fraction of sp³-hybridized carbons (Fsp3) is 0.900. The summed E-state index contributed by atoms with van der Waals surface area (Å²) in [6, 6.07) is 0. The number of unbranched alkanes of at least 4 members (excludes halogenated alkanes) is 2. The van der Waals surface area contributed by atoms with E-state index in [1.54, 1.807) is 0 Å². The first-order chi connectivity index (χ1) is 5.92. The van der Waals surface area contributed by atoms with Crippen LogP contribution in [0.2, 0.25) is 0 Å². The van der Waals surface area contributed by atoms with Crippen molar-refractivity contribution in [3.63, 3.8) is 0 Å². The zero-order valence-corrected chi connectivity index (χ0v) is 8.80. The molecule has 0 aliphatic carbocycles. The maximum atomic E-state index is 9.97. The Morgan fingerprint density at radius 2 is 1.85 bits per heavy atom. The standard InChI is InChI=1S/C10H20O3/c1-10(2,3)7-5-4-6-8-13-9(11)12/h4-8H2,1-3H3,(H,11,12). The molecular weight excluding hydrogens is 168 g/mol. The van der Waals surface area contributed by atoms with Crippen molar-refractivity contribution in [2.75, 3.05) is 6.61 Å². The van der Waals surface area contributed by atoms with E-state index in [1.807, 2.05) is 0 Å². The minimum absolute atomic E-state index is 0.333. The summed E-state index contributed by atoms with van der Waals surface area (Å²) >= 11 is 0. The number of carbonyl (C=O) groups is 1. The molecule has 1 N–H and O–H groups in total. The largest absolute Gasteiger partial charge is 0.505 e. The van der Waals surface area contributed by atoms with Gasteiger partial charge in [0.25, 0.3) is 0 Å². The van der Waals surface area contributed by atoms with Crippen molar-refractivity contribution in [1.29, 1.82) is 0 Å². The fourth-order valence-electron chi connectivity index (χ4n) is 1.09. The van der Waals surface area contributed by atoms with Crippen LogP contribution in [0.1, 0.15) is 46.5 Å². The molecule has 0 aromatic heterocycles. The van der Waals surface area contributed by atoms with Gasteiger partial charge in [0, 0.05) is 0 Å². The Kier molecular flexibility index (Phi) is 5.51. The Morgan fingerprint density at radius 3 is 2.31 bits per heavy atom. The van der Waals surface area contributed by atoms with Crippen LogP contribution in [-0.4, -0.2) is 17.9 Å². The zero-order chi connectivity index (χ0) is 10.3. The molecule has 13 heavy (non-hydrogen) atoms. The number of hydrogen-bond acceptors (Lipinski definition) is 2. The Hall–Kier alpha value is -0.730. The van der Waals surface area contributed by atoms with E-state index in [0.717, 1.165) is 19.3 Å². The van der Waals surface area contributed by atoms with Gasteiger partial charge in [-0.2, -0.15) is 0 Å². The van der Waals surface area contributed by atoms with E-state index in [0.29, 0.717) is 12.0 Å². The van der Waals surface area contributed by atoms with Crippen LogP contribution in [0.25, 0.3) is 0 Å². The lowest BCUT2D eigenvalue weighted by Crippen LogP contribution is -2.05. The van der Waals surface area contributed by atoms with Crippen LogP contribution >= 0.6 is 0 Å². The van der Waals surface area contributed by atoms with Crippen LogP contribution < -0.4 is 0 Å². The number of carboxylic acid groups (broad SMARTS) is 1. The van der Waals surface area contributed by atoms with Gasteiger partial charge in [-0.05, 0) is 18.3 Å². The minimum Gasteiger partial charge on any atom is -0.450 e. The number of rotatable bonds is 5. The van der Waals surface area contributed by atoms with Gasteiger partial charge in [-0.3, -0.25) is 0 Å². The van der Waals surface area contributed by atoms with E-state index in [2.05, 4.69) is 25.5 Å². The predicted molar refractivity (Wildman–Crippen MR) is 51.9 cm³/mol. The molecule has 0 bridgehead atoms. The molecule has 0 aliphatic heterocycles. The van der Waals surface area contributed by atoms with E-state index < -0.39 is 6.16 Å². The maximum Gasteiger partial charge on any atom is 0.505 e. The van der Waals surface area contributed by atoms with E-state index >= 15 is 0 Å². The van der Waals surface area contributed by atoms with Gasteiger partial charge in [-0.15, -0.1) is 0 Å². The highest BCUT2D eigenvalue weighted by atomic mass is 16.7. The number of hydrogen-bond donors (Lipinski definition) is 1. The smallest absolute Gasteiger partial charge is 0.450 e. The number of ether oxygens (including phenoxy) is 1. The molecule has 3 nitrogen and oxygen atoms in total. The van der Waals surface area contributed by atoms with Crippen LogP contribution in [0.5, 0.6) is 0 Å². The molecule has 0 amide bonds. The first-order valence-electron chi connectivity index (χ1n) is 4.77. The summed E-state index contributed by atoms with van der Waals surface area (Å²) < 4.78 is 4.39. The molecule has 0 atom stereocenters. The van der Waals surface area contributed by atoms with Gasteiger partial charge < -0.3 is 9.84 Å². The van der Waals surface area contributed by atoms with E-state index in [-0.39, 0.29) is 0 Å². The van der Waals surface area contributed by atoms with Crippen molar-refractivity contribution in [1.82, 2.24) is 0 Å². The van der Waals surface area contributed by atoms with Crippen LogP contribution in [0.3, 0.4) is 0 Å². The topological polar surface area (TPSA) is 46.5 Å². The molecule has 0 heterocycles. The predicted octanol–water partition coefficient (Wildman–Crippen LogP) is 3.29. The highest BCUT2D eigenvalue weighted by Crippen LogP contribution is 2.21. The summed E-state index contributed by atoms with van der Waals surface area (Å²) in [7, 11) is 0. The van der Waals surface area contributed by atoms with E-state index in [1.165, 1.54) is 6.42 Å². The van der Waals surface area contributed by atoms with Gasteiger partial charge in [0.1, 0.15) is 0 Å². The third-order valence-electron chi connectivity index (χ3n) is 1.80. The monoisotopic (exact) mass is 188 g/mol. The normalized spacial score (nSPS) is 11.3. The Morgan fingerprint density at radius 1 is 1.23 bits per heavy atom. The summed E-state index contributed by atoms with van der Waals surface area (Å²) in [6.07, 6.45) is 3.04. The average molecular weight is 188 g/mol. The summed E-state index contributed by atoms with van der Waals surface area (Å²) in [5.41, 5.74) is 0.383. The fourth-order valence-corrected chi connectivity index (χ4v) is 1.09. The average Bonchev–Trinajstić information content (AvgIpc) is 1.93. The van der Waals surface area contributed by atoms with Crippen molar-refractivity contribution >= 4 is 6.16 Å². The third kappa shape index (κ3) is 11.3. The van der Waals surface area contributed by atoms with Crippen molar-refractivity contribution in [2.45, 2.75) is 46.5 Å². The molecule has 78 valence electrons. The Balaban J connectivity index is 3.13. The SMILES string of the molecule is CC(C)(C)CCCCCOC(=O)O. The molecule has 0 radical (unpaired) electrons.